The Balaban J connectivity index is 1.47. The lowest BCUT2D eigenvalue weighted by Gasteiger charge is -2.39. The van der Waals surface area contributed by atoms with Crippen molar-refractivity contribution in [1.29, 1.82) is 0 Å². The van der Waals surface area contributed by atoms with Crippen molar-refractivity contribution in [2.75, 3.05) is 0 Å². The minimum absolute atomic E-state index is 0.259. The van der Waals surface area contributed by atoms with E-state index < -0.39 is 6.61 Å². The minimum Gasteiger partial charge on any atom is -0.435 e. The molecule has 0 aromatic heterocycles. The van der Waals surface area contributed by atoms with Crippen molar-refractivity contribution in [2.45, 2.75) is 77.7 Å². The average Bonchev–Trinajstić information content (AvgIpc) is 2.62. The van der Waals surface area contributed by atoms with E-state index in [2.05, 4.69) is 18.6 Å². The molecule has 0 N–H and O–H groups in total. The molecule has 0 spiro atoms. The van der Waals surface area contributed by atoms with E-state index in [9.17, 15) is 8.78 Å². The topological polar surface area (TPSA) is 9.23 Å². The summed E-state index contributed by atoms with van der Waals surface area (Å²) in [4.78, 5) is 0. The molecule has 140 valence electrons. The van der Waals surface area contributed by atoms with Gasteiger partial charge in [-0.05, 0) is 98.7 Å². The van der Waals surface area contributed by atoms with Crippen molar-refractivity contribution in [2.24, 2.45) is 23.7 Å². The van der Waals surface area contributed by atoms with E-state index in [1.54, 1.807) is 12.1 Å². The fraction of sp³-hybridized carbons (Fsp3) is 0.727. The first-order valence-electron chi connectivity index (χ1n) is 10.1. The first-order valence-corrected chi connectivity index (χ1v) is 10.1. The molecule has 0 saturated heterocycles. The largest absolute Gasteiger partial charge is 0.435 e. The van der Waals surface area contributed by atoms with E-state index in [1.165, 1.54) is 56.9 Å². The molecule has 0 atom stereocenters. The molecule has 3 heteroatoms. The summed E-state index contributed by atoms with van der Waals surface area (Å²) in [6, 6.07) is 7.30. The molecule has 0 radical (unpaired) electrons. The molecule has 25 heavy (non-hydrogen) atoms. The lowest BCUT2D eigenvalue weighted by molar-refractivity contribution is -0.0498. The van der Waals surface area contributed by atoms with Gasteiger partial charge < -0.3 is 4.74 Å². The summed E-state index contributed by atoms with van der Waals surface area (Å²) < 4.78 is 28.9. The number of benzene rings is 1. The predicted octanol–water partition coefficient (Wildman–Crippen LogP) is 7.02. The Labute approximate surface area is 151 Å². The fourth-order valence-electron chi connectivity index (χ4n) is 5.13. The molecule has 2 fully saturated rings. The molecule has 0 aliphatic heterocycles. The van der Waals surface area contributed by atoms with Crippen LogP contribution < -0.4 is 4.74 Å². The van der Waals surface area contributed by atoms with E-state index in [0.717, 1.165) is 23.7 Å². The summed E-state index contributed by atoms with van der Waals surface area (Å²) in [5.41, 5.74) is 1.28. The molecule has 0 unspecified atom stereocenters. The maximum atomic E-state index is 12.2. The molecule has 1 aromatic carbocycles. The van der Waals surface area contributed by atoms with Gasteiger partial charge in [0.05, 0.1) is 0 Å². The van der Waals surface area contributed by atoms with Gasteiger partial charge in [0.2, 0.25) is 0 Å². The average molecular weight is 350 g/mol. The number of rotatable bonds is 5. The van der Waals surface area contributed by atoms with Crippen molar-refractivity contribution >= 4 is 0 Å². The van der Waals surface area contributed by atoms with Gasteiger partial charge in [0.15, 0.2) is 0 Å². The van der Waals surface area contributed by atoms with Crippen molar-refractivity contribution in [3.8, 4) is 5.75 Å². The van der Waals surface area contributed by atoms with E-state index in [-0.39, 0.29) is 5.75 Å². The molecule has 1 nitrogen and oxygen atoms in total. The monoisotopic (exact) mass is 350 g/mol. The second-order valence-electron chi connectivity index (χ2n) is 8.48. The van der Waals surface area contributed by atoms with Crippen LogP contribution in [0.1, 0.15) is 76.7 Å². The van der Waals surface area contributed by atoms with E-state index in [0.29, 0.717) is 5.92 Å². The quantitative estimate of drug-likeness (QED) is 0.554. The Hall–Kier alpha value is -1.12. The lowest BCUT2D eigenvalue weighted by Crippen LogP contribution is -2.26. The van der Waals surface area contributed by atoms with Gasteiger partial charge in [-0.25, -0.2) is 0 Å². The van der Waals surface area contributed by atoms with Crippen molar-refractivity contribution in [3.05, 3.63) is 29.8 Å². The first-order chi connectivity index (χ1) is 12.0. The zero-order valence-electron chi connectivity index (χ0n) is 15.6. The van der Waals surface area contributed by atoms with Gasteiger partial charge in [0.1, 0.15) is 5.75 Å². The van der Waals surface area contributed by atoms with Gasteiger partial charge in [-0.2, -0.15) is 8.78 Å². The highest BCUT2D eigenvalue weighted by Crippen LogP contribution is 2.45. The molecular formula is C22H32F2O. The van der Waals surface area contributed by atoms with Gasteiger partial charge in [-0.1, -0.05) is 26.0 Å². The van der Waals surface area contributed by atoms with E-state index in [1.807, 2.05) is 12.1 Å². The SMILES string of the molecule is CC(C)[C@H]1CC[C@H]([C@H]2CC[C@H](c3ccc(OC(F)F)cc3)CC2)CC1. The molecule has 1 aromatic rings. The Morgan fingerprint density at radius 2 is 1.32 bits per heavy atom. The third-order valence-electron chi connectivity index (χ3n) is 6.77. The molecule has 2 saturated carbocycles. The van der Waals surface area contributed by atoms with Crippen LogP contribution in [0.2, 0.25) is 0 Å². The summed E-state index contributed by atoms with van der Waals surface area (Å²) in [5, 5.41) is 0. The van der Waals surface area contributed by atoms with Gasteiger partial charge in [-0.15, -0.1) is 0 Å². The highest BCUT2D eigenvalue weighted by molar-refractivity contribution is 5.29. The Bertz CT molecular complexity index is 509. The first kappa shape index (κ1) is 18.7. The van der Waals surface area contributed by atoms with E-state index in [4.69, 9.17) is 0 Å². The summed E-state index contributed by atoms with van der Waals surface area (Å²) in [7, 11) is 0. The number of hydrogen-bond donors (Lipinski definition) is 0. The lowest BCUT2D eigenvalue weighted by atomic mass is 9.67. The Morgan fingerprint density at radius 1 is 0.800 bits per heavy atom. The van der Waals surface area contributed by atoms with Crippen LogP contribution in [-0.4, -0.2) is 6.61 Å². The van der Waals surface area contributed by atoms with Crippen LogP contribution in [0.4, 0.5) is 8.78 Å². The molecule has 0 bridgehead atoms. The van der Waals surface area contributed by atoms with Crippen LogP contribution in [0.25, 0.3) is 0 Å². The van der Waals surface area contributed by atoms with Crippen molar-refractivity contribution in [3.63, 3.8) is 0 Å². The molecular weight excluding hydrogens is 318 g/mol. The van der Waals surface area contributed by atoms with Crippen LogP contribution in [0.3, 0.4) is 0 Å². The zero-order valence-corrected chi connectivity index (χ0v) is 15.6. The van der Waals surface area contributed by atoms with Gasteiger partial charge in [-0.3, -0.25) is 0 Å². The van der Waals surface area contributed by atoms with E-state index >= 15 is 0 Å². The van der Waals surface area contributed by atoms with Crippen LogP contribution in [0, 0.1) is 23.7 Å². The van der Waals surface area contributed by atoms with Crippen molar-refractivity contribution < 1.29 is 13.5 Å². The molecule has 2 aliphatic rings. The van der Waals surface area contributed by atoms with Crippen LogP contribution in [-0.2, 0) is 0 Å². The standard InChI is InChI=1S/C22H32F2O/c1-15(2)16-3-5-17(6-4-16)18-7-9-19(10-8-18)20-11-13-21(14-12-20)25-22(23)24/h11-19,22H,3-10H2,1-2H3/t16-,17-,18-,19-. The number of ether oxygens (including phenoxy) is 1. The van der Waals surface area contributed by atoms with Gasteiger partial charge in [0.25, 0.3) is 0 Å². The summed E-state index contributed by atoms with van der Waals surface area (Å²) in [6.45, 7) is 1.99. The summed E-state index contributed by atoms with van der Waals surface area (Å²) in [6.07, 6.45) is 10.8. The third-order valence-corrected chi connectivity index (χ3v) is 6.77. The normalized spacial score (nSPS) is 30.6. The second kappa shape index (κ2) is 8.51. The third kappa shape index (κ3) is 4.95. The highest BCUT2D eigenvalue weighted by atomic mass is 19.3. The molecule has 3 rings (SSSR count). The second-order valence-corrected chi connectivity index (χ2v) is 8.48. The summed E-state index contributed by atoms with van der Waals surface area (Å²) >= 11 is 0. The number of alkyl halides is 2. The minimum atomic E-state index is -2.74. The van der Waals surface area contributed by atoms with Gasteiger partial charge in [0, 0.05) is 0 Å². The van der Waals surface area contributed by atoms with Crippen LogP contribution in [0.5, 0.6) is 5.75 Å². The predicted molar refractivity (Wildman–Crippen MR) is 98.1 cm³/mol. The molecule has 2 aliphatic carbocycles. The molecule has 0 amide bonds. The number of hydrogen-bond acceptors (Lipinski definition) is 1. The molecule has 0 heterocycles. The van der Waals surface area contributed by atoms with Crippen LogP contribution >= 0.6 is 0 Å². The number of halogens is 2. The summed E-state index contributed by atoms with van der Waals surface area (Å²) in [5.74, 6) is 4.48. The van der Waals surface area contributed by atoms with Gasteiger partial charge >= 0.3 is 6.61 Å². The smallest absolute Gasteiger partial charge is 0.387 e. The maximum absolute atomic E-state index is 12.2. The maximum Gasteiger partial charge on any atom is 0.387 e. The van der Waals surface area contributed by atoms with Crippen molar-refractivity contribution in [1.82, 2.24) is 0 Å². The zero-order chi connectivity index (χ0) is 17.8. The Kier molecular flexibility index (Phi) is 6.35. The van der Waals surface area contributed by atoms with Crippen LogP contribution in [0.15, 0.2) is 24.3 Å². The highest BCUT2D eigenvalue weighted by Gasteiger charge is 2.31. The Morgan fingerprint density at radius 3 is 1.80 bits per heavy atom. The fourth-order valence-corrected chi connectivity index (χ4v) is 5.13.